The Morgan fingerprint density at radius 3 is 2.35 bits per heavy atom. The van der Waals surface area contributed by atoms with Crippen LogP contribution in [0, 0.1) is 0 Å². The molecule has 1 aliphatic heterocycles. The predicted octanol–water partition coefficient (Wildman–Crippen LogP) is 2.84. The Morgan fingerprint density at radius 1 is 1.04 bits per heavy atom. The fourth-order valence-electron chi connectivity index (χ4n) is 2.68. The lowest BCUT2D eigenvalue weighted by molar-refractivity contribution is -0.137. The molecule has 0 aliphatic carbocycles. The number of alkyl halides is 3. The highest BCUT2D eigenvalue weighted by molar-refractivity contribution is 5.65. The van der Waals surface area contributed by atoms with Gasteiger partial charge in [-0.05, 0) is 25.3 Å². The minimum atomic E-state index is -4.49. The Kier molecular flexibility index (Phi) is 4.06. The van der Waals surface area contributed by atoms with Gasteiger partial charge in [-0.3, -0.25) is 0 Å². The van der Waals surface area contributed by atoms with Gasteiger partial charge in [-0.2, -0.15) is 13.2 Å². The highest BCUT2D eigenvalue weighted by Gasteiger charge is 2.36. The minimum Gasteiger partial charge on any atom is -0.356 e. The molecular formula is C15H15F3N4O. The number of aromatic nitrogens is 3. The van der Waals surface area contributed by atoms with Gasteiger partial charge in [0.1, 0.15) is 5.82 Å². The summed E-state index contributed by atoms with van der Waals surface area (Å²) in [5, 5.41) is 0. The maximum Gasteiger partial charge on any atom is 0.419 e. The van der Waals surface area contributed by atoms with Gasteiger partial charge in [-0.1, -0.05) is 0 Å². The molecule has 122 valence electrons. The molecule has 1 fully saturated rings. The Labute approximate surface area is 130 Å². The van der Waals surface area contributed by atoms with E-state index < -0.39 is 17.4 Å². The average molecular weight is 324 g/mol. The van der Waals surface area contributed by atoms with Gasteiger partial charge in [-0.25, -0.2) is 14.8 Å². The van der Waals surface area contributed by atoms with Crippen LogP contribution in [-0.2, 0) is 6.18 Å². The van der Waals surface area contributed by atoms with E-state index in [1.54, 1.807) is 4.90 Å². The third-order valence-electron chi connectivity index (χ3n) is 3.83. The van der Waals surface area contributed by atoms with Crippen LogP contribution >= 0.6 is 0 Å². The molecule has 8 heteroatoms. The first-order valence-corrected chi connectivity index (χ1v) is 7.32. The summed E-state index contributed by atoms with van der Waals surface area (Å²) in [4.78, 5) is 22.6. The van der Waals surface area contributed by atoms with Crippen LogP contribution in [-0.4, -0.2) is 28.0 Å². The maximum absolute atomic E-state index is 13.4. The number of hydrogen-bond acceptors (Lipinski definition) is 4. The first-order valence-electron chi connectivity index (χ1n) is 7.32. The number of nitrogens with zero attached hydrogens (tertiary/aromatic N) is 3. The summed E-state index contributed by atoms with van der Waals surface area (Å²) in [5.41, 5.74) is -0.666. The average Bonchev–Trinajstić information content (AvgIpc) is 2.55. The largest absolute Gasteiger partial charge is 0.419 e. The third kappa shape index (κ3) is 3.35. The summed E-state index contributed by atoms with van der Waals surface area (Å²) in [6.45, 7) is 1.16. The van der Waals surface area contributed by atoms with E-state index in [1.165, 1.54) is 18.6 Å². The third-order valence-corrected chi connectivity index (χ3v) is 3.83. The SMILES string of the molecule is O=c1ncc(-c2cnc(N3CCCCC3)c(C(F)(F)F)c2)c[nH]1. The summed E-state index contributed by atoms with van der Waals surface area (Å²) in [7, 11) is 0. The number of anilines is 1. The number of aromatic amines is 1. The first kappa shape index (κ1) is 15.5. The number of H-pyrrole nitrogens is 1. The number of rotatable bonds is 2. The minimum absolute atomic E-state index is 0.0293. The fourth-order valence-corrected chi connectivity index (χ4v) is 2.68. The van der Waals surface area contributed by atoms with Crippen molar-refractivity contribution in [2.45, 2.75) is 25.4 Å². The summed E-state index contributed by atoms with van der Waals surface area (Å²) < 4.78 is 40.3. The fraction of sp³-hybridized carbons (Fsp3) is 0.400. The molecular weight excluding hydrogens is 309 g/mol. The van der Waals surface area contributed by atoms with Crippen molar-refractivity contribution in [3.05, 3.63) is 40.7 Å². The van der Waals surface area contributed by atoms with Crippen LogP contribution in [0.5, 0.6) is 0 Å². The molecule has 2 aromatic heterocycles. The lowest BCUT2D eigenvalue weighted by Crippen LogP contribution is -2.32. The zero-order valence-electron chi connectivity index (χ0n) is 12.2. The summed E-state index contributed by atoms with van der Waals surface area (Å²) in [5.74, 6) is -0.0293. The van der Waals surface area contributed by atoms with Crippen LogP contribution in [0.15, 0.2) is 29.5 Å². The van der Waals surface area contributed by atoms with Gasteiger partial charge in [0.25, 0.3) is 0 Å². The van der Waals surface area contributed by atoms with Crippen LogP contribution < -0.4 is 10.6 Å². The van der Waals surface area contributed by atoms with Crippen molar-refractivity contribution in [3.63, 3.8) is 0 Å². The Morgan fingerprint density at radius 2 is 1.74 bits per heavy atom. The van der Waals surface area contributed by atoms with Gasteiger partial charge in [0.2, 0.25) is 0 Å². The Bertz CT molecular complexity index is 731. The standard InChI is InChI=1S/C15H15F3N4O/c16-15(17,18)12-6-10(11-8-20-14(23)21-9-11)7-19-13(12)22-4-2-1-3-5-22/h6-9H,1-5H2,(H,20,21,23). The molecule has 1 aliphatic rings. The molecule has 1 N–H and O–H groups in total. The lowest BCUT2D eigenvalue weighted by Gasteiger charge is -2.30. The van der Waals surface area contributed by atoms with Crippen molar-refractivity contribution in [1.82, 2.24) is 15.0 Å². The van der Waals surface area contributed by atoms with Crippen molar-refractivity contribution < 1.29 is 13.2 Å². The monoisotopic (exact) mass is 324 g/mol. The Hall–Kier alpha value is -2.38. The number of halogens is 3. The van der Waals surface area contributed by atoms with E-state index in [2.05, 4.69) is 15.0 Å². The molecule has 3 rings (SSSR count). The predicted molar refractivity (Wildman–Crippen MR) is 79.2 cm³/mol. The van der Waals surface area contributed by atoms with Crippen molar-refractivity contribution >= 4 is 5.82 Å². The molecule has 2 aromatic rings. The van der Waals surface area contributed by atoms with Crippen molar-refractivity contribution in [2.75, 3.05) is 18.0 Å². The van der Waals surface area contributed by atoms with Gasteiger partial charge in [-0.15, -0.1) is 0 Å². The van der Waals surface area contributed by atoms with E-state index in [4.69, 9.17) is 0 Å². The van der Waals surface area contributed by atoms with E-state index in [1.807, 2.05) is 0 Å². The van der Waals surface area contributed by atoms with Crippen molar-refractivity contribution in [2.24, 2.45) is 0 Å². The van der Waals surface area contributed by atoms with Crippen LogP contribution in [0.1, 0.15) is 24.8 Å². The van der Waals surface area contributed by atoms with Crippen LogP contribution in [0.3, 0.4) is 0 Å². The smallest absolute Gasteiger partial charge is 0.356 e. The van der Waals surface area contributed by atoms with Crippen molar-refractivity contribution in [1.29, 1.82) is 0 Å². The summed E-state index contributed by atoms with van der Waals surface area (Å²) >= 11 is 0. The van der Waals surface area contributed by atoms with Crippen LogP contribution in [0.25, 0.3) is 11.1 Å². The molecule has 23 heavy (non-hydrogen) atoms. The number of piperidine rings is 1. The second-order valence-corrected chi connectivity index (χ2v) is 5.45. The van der Waals surface area contributed by atoms with Crippen LogP contribution in [0.4, 0.5) is 19.0 Å². The molecule has 0 saturated carbocycles. The second-order valence-electron chi connectivity index (χ2n) is 5.45. The highest BCUT2D eigenvalue weighted by atomic mass is 19.4. The van der Waals surface area contributed by atoms with Gasteiger partial charge in [0.15, 0.2) is 0 Å². The van der Waals surface area contributed by atoms with Gasteiger partial charge in [0, 0.05) is 42.8 Å². The zero-order valence-corrected chi connectivity index (χ0v) is 12.2. The number of hydrogen-bond donors (Lipinski definition) is 1. The molecule has 0 radical (unpaired) electrons. The topological polar surface area (TPSA) is 61.9 Å². The molecule has 5 nitrogen and oxygen atoms in total. The van der Waals surface area contributed by atoms with Gasteiger partial charge in [0.05, 0.1) is 5.56 Å². The van der Waals surface area contributed by atoms with Gasteiger partial charge >= 0.3 is 11.9 Å². The second kappa shape index (κ2) is 6.02. The van der Waals surface area contributed by atoms with E-state index in [0.717, 1.165) is 25.3 Å². The molecule has 0 amide bonds. The first-order chi connectivity index (χ1) is 10.9. The highest BCUT2D eigenvalue weighted by Crippen LogP contribution is 2.38. The van der Waals surface area contributed by atoms with Crippen LogP contribution in [0.2, 0.25) is 0 Å². The number of nitrogens with one attached hydrogen (secondary N) is 1. The zero-order chi connectivity index (χ0) is 16.4. The van der Waals surface area contributed by atoms with E-state index >= 15 is 0 Å². The molecule has 0 spiro atoms. The molecule has 0 atom stereocenters. The lowest BCUT2D eigenvalue weighted by atomic mass is 10.1. The summed E-state index contributed by atoms with van der Waals surface area (Å²) in [6.07, 6.45) is 2.21. The summed E-state index contributed by atoms with van der Waals surface area (Å²) in [6, 6.07) is 1.06. The Balaban J connectivity index is 2.04. The molecule has 0 bridgehead atoms. The quantitative estimate of drug-likeness (QED) is 0.923. The molecule has 3 heterocycles. The van der Waals surface area contributed by atoms with Crippen molar-refractivity contribution in [3.8, 4) is 11.1 Å². The number of pyridine rings is 1. The van der Waals surface area contributed by atoms with E-state index in [-0.39, 0.29) is 11.4 Å². The van der Waals surface area contributed by atoms with E-state index in [0.29, 0.717) is 18.7 Å². The normalized spacial score (nSPS) is 15.7. The van der Waals surface area contributed by atoms with Gasteiger partial charge < -0.3 is 9.88 Å². The van der Waals surface area contributed by atoms with E-state index in [9.17, 15) is 18.0 Å². The molecule has 1 saturated heterocycles. The maximum atomic E-state index is 13.4. The molecule has 0 unspecified atom stereocenters. The molecule has 0 aromatic carbocycles.